The molecule has 1 aliphatic rings. The number of nitrogens with one attached hydrogen (secondary N) is 3. The molecule has 0 aromatic carbocycles. The highest BCUT2D eigenvalue weighted by Crippen LogP contribution is 2.28. The van der Waals surface area contributed by atoms with E-state index in [1.807, 2.05) is 41.9 Å². The van der Waals surface area contributed by atoms with Crippen LogP contribution in [0.1, 0.15) is 29.3 Å². The van der Waals surface area contributed by atoms with Gasteiger partial charge in [-0.05, 0) is 29.8 Å². The molecule has 0 bridgehead atoms. The molecule has 0 saturated carbocycles. The van der Waals surface area contributed by atoms with Gasteiger partial charge in [-0.25, -0.2) is 4.68 Å². The van der Waals surface area contributed by atoms with Gasteiger partial charge in [-0.3, -0.25) is 14.9 Å². The number of hydrogen-bond acceptors (Lipinski definition) is 6. The van der Waals surface area contributed by atoms with Crippen molar-refractivity contribution in [2.75, 3.05) is 5.32 Å². The molecule has 26 heavy (non-hydrogen) atoms. The summed E-state index contributed by atoms with van der Waals surface area (Å²) in [5, 5.41) is 17.5. The van der Waals surface area contributed by atoms with E-state index in [0.717, 1.165) is 10.6 Å². The van der Waals surface area contributed by atoms with E-state index in [-0.39, 0.29) is 17.9 Å². The first-order valence-electron chi connectivity index (χ1n) is 8.14. The number of hydrogen-bond donors (Lipinski definition) is 3. The van der Waals surface area contributed by atoms with Crippen molar-refractivity contribution >= 4 is 40.3 Å². The molecule has 3 aromatic heterocycles. The van der Waals surface area contributed by atoms with Crippen LogP contribution >= 0.6 is 22.7 Å². The van der Waals surface area contributed by atoms with Crippen molar-refractivity contribution in [3.05, 3.63) is 46.0 Å². The van der Waals surface area contributed by atoms with Crippen molar-refractivity contribution < 1.29 is 9.59 Å². The van der Waals surface area contributed by atoms with E-state index in [2.05, 4.69) is 21.0 Å². The first-order chi connectivity index (χ1) is 12.6. The van der Waals surface area contributed by atoms with Crippen LogP contribution in [0.4, 0.5) is 5.82 Å². The topological polar surface area (TPSA) is 88.1 Å². The van der Waals surface area contributed by atoms with Crippen molar-refractivity contribution in [3.63, 3.8) is 0 Å². The Hall–Kier alpha value is -2.49. The molecule has 0 spiro atoms. The van der Waals surface area contributed by atoms with Crippen LogP contribution in [-0.2, 0) is 4.79 Å². The number of aromatic nitrogens is 2. The van der Waals surface area contributed by atoms with Crippen molar-refractivity contribution in [2.45, 2.75) is 25.7 Å². The van der Waals surface area contributed by atoms with Crippen molar-refractivity contribution in [1.29, 1.82) is 0 Å². The quantitative estimate of drug-likeness (QED) is 0.642. The summed E-state index contributed by atoms with van der Waals surface area (Å²) < 4.78 is 1.62. The molecule has 9 heteroatoms. The average Bonchev–Trinajstić information content (AvgIpc) is 3.35. The van der Waals surface area contributed by atoms with E-state index in [1.54, 1.807) is 22.1 Å². The average molecular weight is 387 g/mol. The van der Waals surface area contributed by atoms with Crippen molar-refractivity contribution in [1.82, 2.24) is 20.4 Å². The first kappa shape index (κ1) is 17.0. The summed E-state index contributed by atoms with van der Waals surface area (Å²) in [6.07, 6.45) is -0.106. The molecule has 2 unspecified atom stereocenters. The number of amides is 2. The van der Waals surface area contributed by atoms with Gasteiger partial charge in [0.1, 0.15) is 11.5 Å². The lowest BCUT2D eigenvalue weighted by Gasteiger charge is -2.30. The number of carbonyl (C=O) groups is 2. The Morgan fingerprint density at radius 1 is 1.31 bits per heavy atom. The Labute approximate surface area is 158 Å². The minimum atomic E-state index is -0.515. The molecule has 4 heterocycles. The number of rotatable bonds is 4. The van der Waals surface area contributed by atoms with Gasteiger partial charge in [-0.15, -0.1) is 22.7 Å². The third-order valence-corrected chi connectivity index (χ3v) is 5.73. The Bertz CT molecular complexity index is 917. The lowest BCUT2D eigenvalue weighted by molar-refractivity contribution is -0.125. The van der Waals surface area contributed by atoms with E-state index in [4.69, 9.17) is 0 Å². The third kappa shape index (κ3) is 3.41. The lowest BCUT2D eigenvalue weighted by atomic mass is 10.2. The maximum atomic E-state index is 12.5. The largest absolute Gasteiger partial charge is 0.322 e. The van der Waals surface area contributed by atoms with Crippen LogP contribution in [0.25, 0.3) is 10.6 Å². The van der Waals surface area contributed by atoms with Gasteiger partial charge in [0.2, 0.25) is 5.91 Å². The van der Waals surface area contributed by atoms with Gasteiger partial charge in [0.15, 0.2) is 6.29 Å². The SMILES string of the molecule is CC1CC(=O)NC(n2nc(-c3cccs3)cc2NC(=O)c2cccs2)N1. The van der Waals surface area contributed by atoms with E-state index in [1.165, 1.54) is 11.3 Å². The Balaban J connectivity index is 1.68. The molecule has 3 aromatic rings. The van der Waals surface area contributed by atoms with Crippen LogP contribution in [-0.4, -0.2) is 27.6 Å². The summed E-state index contributed by atoms with van der Waals surface area (Å²) in [5.41, 5.74) is 0.746. The van der Waals surface area contributed by atoms with Gasteiger partial charge in [0.25, 0.3) is 5.91 Å². The van der Waals surface area contributed by atoms with Crippen LogP contribution in [0.3, 0.4) is 0 Å². The van der Waals surface area contributed by atoms with E-state index in [9.17, 15) is 9.59 Å². The molecule has 1 aliphatic heterocycles. The van der Waals surface area contributed by atoms with Gasteiger partial charge in [0.05, 0.1) is 9.75 Å². The van der Waals surface area contributed by atoms with E-state index < -0.39 is 6.29 Å². The van der Waals surface area contributed by atoms with Crippen LogP contribution in [0.5, 0.6) is 0 Å². The smallest absolute Gasteiger partial charge is 0.266 e. The Morgan fingerprint density at radius 2 is 2.12 bits per heavy atom. The molecule has 134 valence electrons. The van der Waals surface area contributed by atoms with Crippen LogP contribution in [0.2, 0.25) is 0 Å². The van der Waals surface area contributed by atoms with Gasteiger partial charge < -0.3 is 10.6 Å². The van der Waals surface area contributed by atoms with Gasteiger partial charge in [-0.1, -0.05) is 12.1 Å². The highest BCUT2D eigenvalue weighted by Gasteiger charge is 2.27. The number of nitrogens with zero attached hydrogens (tertiary/aromatic N) is 2. The molecule has 1 saturated heterocycles. The molecular formula is C17H17N5O2S2. The lowest BCUT2D eigenvalue weighted by Crippen LogP contribution is -2.52. The fourth-order valence-corrected chi connectivity index (χ4v) is 4.11. The molecule has 0 radical (unpaired) electrons. The molecule has 2 amide bonds. The fourth-order valence-electron chi connectivity index (χ4n) is 2.81. The zero-order valence-corrected chi connectivity index (χ0v) is 15.6. The first-order valence-corrected chi connectivity index (χ1v) is 9.90. The van der Waals surface area contributed by atoms with Crippen molar-refractivity contribution in [3.8, 4) is 10.6 Å². The number of thiophene rings is 2. The van der Waals surface area contributed by atoms with E-state index in [0.29, 0.717) is 17.1 Å². The monoisotopic (exact) mass is 387 g/mol. The van der Waals surface area contributed by atoms with E-state index >= 15 is 0 Å². The molecule has 4 rings (SSSR count). The van der Waals surface area contributed by atoms with Gasteiger partial charge in [-0.2, -0.15) is 5.10 Å². The molecule has 1 fully saturated rings. The van der Waals surface area contributed by atoms with Crippen LogP contribution in [0, 0.1) is 0 Å². The zero-order chi connectivity index (χ0) is 18.1. The summed E-state index contributed by atoms with van der Waals surface area (Å²) in [7, 11) is 0. The summed E-state index contributed by atoms with van der Waals surface area (Å²) in [6.45, 7) is 1.94. The predicted molar refractivity (Wildman–Crippen MR) is 102 cm³/mol. The van der Waals surface area contributed by atoms with Crippen molar-refractivity contribution in [2.24, 2.45) is 0 Å². The third-order valence-electron chi connectivity index (χ3n) is 3.97. The minimum Gasteiger partial charge on any atom is -0.322 e. The number of carbonyl (C=O) groups excluding carboxylic acids is 2. The second-order valence-corrected chi connectivity index (χ2v) is 7.91. The summed E-state index contributed by atoms with van der Waals surface area (Å²) >= 11 is 2.94. The van der Waals surface area contributed by atoms with Crippen LogP contribution < -0.4 is 16.0 Å². The van der Waals surface area contributed by atoms with Crippen LogP contribution in [0.15, 0.2) is 41.1 Å². The summed E-state index contributed by atoms with van der Waals surface area (Å²) in [6, 6.07) is 9.36. The predicted octanol–water partition coefficient (Wildman–Crippen LogP) is 2.88. The van der Waals surface area contributed by atoms with Gasteiger partial charge >= 0.3 is 0 Å². The fraction of sp³-hybridized carbons (Fsp3) is 0.235. The summed E-state index contributed by atoms with van der Waals surface area (Å²) in [5.74, 6) is 0.276. The number of anilines is 1. The molecule has 0 aliphatic carbocycles. The second kappa shape index (κ2) is 7.02. The maximum absolute atomic E-state index is 12.5. The Morgan fingerprint density at radius 3 is 2.81 bits per heavy atom. The highest BCUT2D eigenvalue weighted by atomic mass is 32.1. The molecule has 7 nitrogen and oxygen atoms in total. The second-order valence-electron chi connectivity index (χ2n) is 6.01. The molecular weight excluding hydrogens is 370 g/mol. The summed E-state index contributed by atoms with van der Waals surface area (Å²) in [4.78, 5) is 26.0. The standard InChI is InChI=1S/C17H17N5O2S2/c1-10-8-15(23)20-17(18-10)22-14(19-16(24)13-5-3-7-26-13)9-11(21-22)12-4-2-6-25-12/h2-7,9-10,17-18H,8H2,1H3,(H,19,24)(H,20,23). The molecule has 3 N–H and O–H groups in total. The minimum absolute atomic E-state index is 0.0176. The Kier molecular flexibility index (Phi) is 4.58. The molecule has 2 atom stereocenters. The van der Waals surface area contributed by atoms with Gasteiger partial charge in [0, 0.05) is 18.5 Å². The normalized spacial score (nSPS) is 20.0. The highest BCUT2D eigenvalue weighted by molar-refractivity contribution is 7.13. The zero-order valence-electron chi connectivity index (χ0n) is 13.9. The maximum Gasteiger partial charge on any atom is 0.266 e.